The van der Waals surface area contributed by atoms with E-state index in [0.29, 0.717) is 12.4 Å². The van der Waals surface area contributed by atoms with Gasteiger partial charge in [0.2, 0.25) is 0 Å². The van der Waals surface area contributed by atoms with E-state index in [9.17, 15) is 4.79 Å². The highest BCUT2D eigenvalue weighted by atomic mass is 127. The summed E-state index contributed by atoms with van der Waals surface area (Å²) in [4.78, 5) is 11.4. The number of nitrogens with one attached hydrogen (secondary N) is 1. The highest BCUT2D eigenvalue weighted by Crippen LogP contribution is 2.16. The van der Waals surface area contributed by atoms with Crippen LogP contribution in [0.2, 0.25) is 0 Å². The first-order valence-corrected chi connectivity index (χ1v) is 6.46. The fourth-order valence-corrected chi connectivity index (χ4v) is 2.28. The maximum atomic E-state index is 11.4. The van der Waals surface area contributed by atoms with Crippen molar-refractivity contribution in [3.63, 3.8) is 0 Å². The number of amides is 1. The van der Waals surface area contributed by atoms with Crippen molar-refractivity contribution in [2.45, 2.75) is 0 Å². The molecule has 76 valence electrons. The molecule has 0 aliphatic heterocycles. The zero-order valence-corrected chi connectivity index (χ0v) is 11.0. The summed E-state index contributed by atoms with van der Waals surface area (Å²) < 4.78 is 1.11. The van der Waals surface area contributed by atoms with Crippen LogP contribution >= 0.6 is 45.5 Å². The Kier molecular flexibility index (Phi) is 5.50. The van der Waals surface area contributed by atoms with Gasteiger partial charge >= 0.3 is 0 Å². The first kappa shape index (κ1) is 12.0. The second-order valence-corrected chi connectivity index (χ2v) is 5.59. The van der Waals surface area contributed by atoms with E-state index in [1.54, 1.807) is 17.4 Å². The molecule has 5 heteroatoms. The molecule has 0 aliphatic rings. The Morgan fingerprint density at radius 1 is 1.64 bits per heavy atom. The Balaban J connectivity index is 2.39. The van der Waals surface area contributed by atoms with Gasteiger partial charge in [0.1, 0.15) is 0 Å². The SMILES string of the molecule is O=C(NC/C=C/CCl)c1csc(I)c1. The first-order valence-electron chi connectivity index (χ1n) is 3.97. The number of allylic oxidation sites excluding steroid dienone is 1. The predicted octanol–water partition coefficient (Wildman–Crippen LogP) is 2.88. The van der Waals surface area contributed by atoms with Crippen LogP contribution in [0.15, 0.2) is 23.6 Å². The number of thiophene rings is 1. The van der Waals surface area contributed by atoms with Gasteiger partial charge in [-0.15, -0.1) is 22.9 Å². The highest BCUT2D eigenvalue weighted by molar-refractivity contribution is 14.1. The van der Waals surface area contributed by atoms with Crippen LogP contribution in [0.3, 0.4) is 0 Å². The fourth-order valence-electron chi connectivity index (χ4n) is 0.829. The summed E-state index contributed by atoms with van der Waals surface area (Å²) >= 11 is 9.19. The van der Waals surface area contributed by atoms with Gasteiger partial charge in [-0.25, -0.2) is 0 Å². The van der Waals surface area contributed by atoms with E-state index >= 15 is 0 Å². The lowest BCUT2D eigenvalue weighted by Gasteiger charge is -1.98. The van der Waals surface area contributed by atoms with Crippen molar-refractivity contribution >= 4 is 51.4 Å². The lowest BCUT2D eigenvalue weighted by molar-refractivity contribution is 0.0958. The van der Waals surface area contributed by atoms with Gasteiger partial charge in [-0.3, -0.25) is 4.79 Å². The third kappa shape index (κ3) is 3.98. The number of rotatable bonds is 4. The molecule has 14 heavy (non-hydrogen) atoms. The topological polar surface area (TPSA) is 29.1 Å². The molecule has 0 spiro atoms. The Morgan fingerprint density at radius 2 is 2.43 bits per heavy atom. The van der Waals surface area contributed by atoms with Gasteiger partial charge < -0.3 is 5.32 Å². The molecule has 0 fully saturated rings. The van der Waals surface area contributed by atoms with E-state index in [1.807, 2.05) is 17.5 Å². The van der Waals surface area contributed by atoms with Gasteiger partial charge in [0.25, 0.3) is 5.91 Å². The molecule has 0 bridgehead atoms. The van der Waals surface area contributed by atoms with Crippen molar-refractivity contribution in [1.29, 1.82) is 0 Å². The number of carbonyl (C=O) groups excluding carboxylic acids is 1. The zero-order chi connectivity index (χ0) is 10.4. The Labute approximate surface area is 105 Å². The molecule has 0 atom stereocenters. The van der Waals surface area contributed by atoms with Crippen LogP contribution in [-0.2, 0) is 0 Å². The third-order valence-corrected chi connectivity index (χ3v) is 3.43. The summed E-state index contributed by atoms with van der Waals surface area (Å²) in [6, 6.07) is 1.87. The van der Waals surface area contributed by atoms with E-state index < -0.39 is 0 Å². The molecule has 1 heterocycles. The number of hydrogen-bond acceptors (Lipinski definition) is 2. The normalized spacial score (nSPS) is 10.7. The monoisotopic (exact) mass is 341 g/mol. The van der Waals surface area contributed by atoms with Crippen molar-refractivity contribution < 1.29 is 4.79 Å². The second kappa shape index (κ2) is 6.42. The summed E-state index contributed by atoms with van der Waals surface area (Å²) in [6.07, 6.45) is 3.64. The average Bonchev–Trinajstić information content (AvgIpc) is 2.59. The molecule has 1 N–H and O–H groups in total. The van der Waals surface area contributed by atoms with Crippen molar-refractivity contribution in [2.24, 2.45) is 0 Å². The van der Waals surface area contributed by atoms with Crippen molar-refractivity contribution in [1.82, 2.24) is 5.32 Å². The minimum absolute atomic E-state index is 0.0385. The largest absolute Gasteiger partial charge is 0.349 e. The van der Waals surface area contributed by atoms with Crippen LogP contribution in [0.25, 0.3) is 0 Å². The van der Waals surface area contributed by atoms with Crippen LogP contribution in [0, 0.1) is 2.88 Å². The van der Waals surface area contributed by atoms with Crippen molar-refractivity contribution in [3.05, 3.63) is 32.0 Å². The van der Waals surface area contributed by atoms with E-state index in [0.717, 1.165) is 8.45 Å². The molecule has 0 aromatic carbocycles. The van der Waals surface area contributed by atoms with Crippen LogP contribution in [0.5, 0.6) is 0 Å². The lowest BCUT2D eigenvalue weighted by Crippen LogP contribution is -2.22. The van der Waals surface area contributed by atoms with E-state index in [2.05, 4.69) is 27.9 Å². The summed E-state index contributed by atoms with van der Waals surface area (Å²) in [5.74, 6) is 0.440. The maximum Gasteiger partial charge on any atom is 0.252 e. The van der Waals surface area contributed by atoms with E-state index in [-0.39, 0.29) is 5.91 Å². The molecule has 1 rings (SSSR count). The molecule has 1 aromatic heterocycles. The third-order valence-electron chi connectivity index (χ3n) is 1.47. The summed E-state index contributed by atoms with van der Waals surface area (Å²) in [7, 11) is 0. The number of halogens is 2. The van der Waals surface area contributed by atoms with Crippen LogP contribution < -0.4 is 5.32 Å². The Bertz CT molecular complexity index is 337. The molecule has 1 aromatic rings. The highest BCUT2D eigenvalue weighted by Gasteiger charge is 2.05. The van der Waals surface area contributed by atoms with Gasteiger partial charge in [0.15, 0.2) is 0 Å². The lowest BCUT2D eigenvalue weighted by atomic mass is 10.3. The summed E-state index contributed by atoms with van der Waals surface area (Å²) in [5.41, 5.74) is 0.721. The van der Waals surface area contributed by atoms with Gasteiger partial charge in [-0.05, 0) is 28.7 Å². The summed E-state index contributed by atoms with van der Waals surface area (Å²) in [6.45, 7) is 0.526. The van der Waals surface area contributed by atoms with Gasteiger partial charge in [-0.1, -0.05) is 12.2 Å². The maximum absolute atomic E-state index is 11.4. The van der Waals surface area contributed by atoms with Gasteiger partial charge in [-0.2, -0.15) is 0 Å². The van der Waals surface area contributed by atoms with Gasteiger partial charge in [0.05, 0.1) is 8.45 Å². The Hall–Kier alpha value is -0.0700. The average molecular weight is 342 g/mol. The molecule has 0 aliphatic carbocycles. The minimum Gasteiger partial charge on any atom is -0.349 e. The van der Waals surface area contributed by atoms with Gasteiger partial charge in [0, 0.05) is 17.8 Å². The standard InChI is InChI=1S/C9H9ClINOS/c10-3-1-2-4-12-9(13)7-5-8(11)14-6-7/h1-2,5-6H,3-4H2,(H,12,13)/b2-1+. The zero-order valence-electron chi connectivity index (χ0n) is 7.30. The number of carbonyl (C=O) groups is 1. The van der Waals surface area contributed by atoms with Crippen LogP contribution in [0.4, 0.5) is 0 Å². The predicted molar refractivity (Wildman–Crippen MR) is 69.2 cm³/mol. The molecule has 0 saturated heterocycles. The molecule has 0 saturated carbocycles. The fraction of sp³-hybridized carbons (Fsp3) is 0.222. The van der Waals surface area contributed by atoms with Crippen molar-refractivity contribution in [2.75, 3.05) is 12.4 Å². The van der Waals surface area contributed by atoms with Crippen LogP contribution in [0.1, 0.15) is 10.4 Å². The van der Waals surface area contributed by atoms with Crippen molar-refractivity contribution in [3.8, 4) is 0 Å². The molecule has 0 unspecified atom stereocenters. The summed E-state index contributed by atoms with van der Waals surface area (Å²) in [5, 5.41) is 4.62. The number of hydrogen-bond donors (Lipinski definition) is 1. The molecule has 1 amide bonds. The minimum atomic E-state index is -0.0385. The number of alkyl halides is 1. The van der Waals surface area contributed by atoms with Crippen LogP contribution in [-0.4, -0.2) is 18.3 Å². The molecule has 0 radical (unpaired) electrons. The first-order chi connectivity index (χ1) is 6.74. The van der Waals surface area contributed by atoms with E-state index in [4.69, 9.17) is 11.6 Å². The smallest absolute Gasteiger partial charge is 0.252 e. The molecular weight excluding hydrogens is 333 g/mol. The van der Waals surface area contributed by atoms with E-state index in [1.165, 1.54) is 0 Å². The molecular formula is C9H9ClINOS. The quantitative estimate of drug-likeness (QED) is 0.509. The Morgan fingerprint density at radius 3 is 3.00 bits per heavy atom. The second-order valence-electron chi connectivity index (χ2n) is 2.48. The molecule has 2 nitrogen and oxygen atoms in total.